The van der Waals surface area contributed by atoms with Crippen LogP contribution in [0.5, 0.6) is 0 Å². The van der Waals surface area contributed by atoms with Crippen LogP contribution in [0.2, 0.25) is 0 Å². The summed E-state index contributed by atoms with van der Waals surface area (Å²) in [6, 6.07) is 0. The molecule has 0 bridgehead atoms. The van der Waals surface area contributed by atoms with Gasteiger partial charge in [-0.2, -0.15) is 0 Å². The quantitative estimate of drug-likeness (QED) is 0.184. The van der Waals surface area contributed by atoms with E-state index in [0.717, 1.165) is 11.8 Å². The van der Waals surface area contributed by atoms with Gasteiger partial charge in [0.15, 0.2) is 0 Å². The molecule has 324 valence electrons. The van der Waals surface area contributed by atoms with E-state index in [9.17, 15) is 0 Å². The van der Waals surface area contributed by atoms with E-state index in [0.29, 0.717) is 21.7 Å². The maximum Gasteiger partial charge on any atom is -0.0142 e. The largest absolute Gasteiger partial charge is 0.0853 e. The first-order valence-electron chi connectivity index (χ1n) is 24.3. The molecule has 0 fully saturated rings. The predicted molar refractivity (Wildman–Crippen MR) is 255 cm³/mol. The molecule has 4 aliphatic carbocycles. The fraction of sp³-hybridized carbons (Fsp3) is 0.855. The van der Waals surface area contributed by atoms with Crippen molar-refractivity contribution in [3.05, 3.63) is 45.1 Å². The highest BCUT2D eigenvalue weighted by molar-refractivity contribution is 5.24. The van der Waals surface area contributed by atoms with Gasteiger partial charge in [-0.15, -0.1) is 0 Å². The lowest BCUT2D eigenvalue weighted by Gasteiger charge is -2.38. The average Bonchev–Trinajstić information content (AvgIpc) is 3.08. The minimum atomic E-state index is 0.498. The third-order valence-electron chi connectivity index (χ3n) is 14.0. The van der Waals surface area contributed by atoms with E-state index in [2.05, 4.69) is 138 Å². The van der Waals surface area contributed by atoms with E-state index in [-0.39, 0.29) is 0 Å². The number of allylic oxidation sites excluding steroid dienone is 8. The van der Waals surface area contributed by atoms with Gasteiger partial charge in [0.25, 0.3) is 0 Å². The lowest BCUT2D eigenvalue weighted by atomic mass is 9.67. The minimum Gasteiger partial charge on any atom is -0.0853 e. The Morgan fingerprint density at radius 1 is 0.527 bits per heavy atom. The summed E-state index contributed by atoms with van der Waals surface area (Å²) in [5, 5.41) is 0. The zero-order valence-corrected chi connectivity index (χ0v) is 41.8. The highest BCUT2D eigenvalue weighted by Gasteiger charge is 2.32. The Labute approximate surface area is 350 Å². The third-order valence-corrected chi connectivity index (χ3v) is 14.0. The Morgan fingerprint density at radius 2 is 0.891 bits per heavy atom. The summed E-state index contributed by atoms with van der Waals surface area (Å²) in [6.45, 7) is 44.5. The van der Waals surface area contributed by atoms with Gasteiger partial charge >= 0.3 is 0 Å². The van der Waals surface area contributed by atoms with E-state index in [1.54, 1.807) is 39.0 Å². The zero-order valence-electron chi connectivity index (χ0n) is 41.8. The minimum absolute atomic E-state index is 0.498. The Balaban J connectivity index is 0.000000670. The second-order valence-electron chi connectivity index (χ2n) is 21.6. The molecule has 1 unspecified atom stereocenters. The summed E-state index contributed by atoms with van der Waals surface area (Å²) in [6.07, 6.45) is 32.2. The van der Waals surface area contributed by atoms with Crippen molar-refractivity contribution in [3.63, 3.8) is 0 Å². The molecule has 0 N–H and O–H groups in total. The summed E-state index contributed by atoms with van der Waals surface area (Å²) in [7, 11) is 0. The highest BCUT2D eigenvalue weighted by Crippen LogP contribution is 2.45. The standard InChI is InChI=1S/4C12H22.C7H16/c4*1-5-7-11-10(2)8-6-9-12(11,3)4;1-4-5-6-7(2)3/h3*5-9H2,1-4H3;8,11H,5-7,9H2,1-4H3;7H,4-6H2,1-3H3. The van der Waals surface area contributed by atoms with Crippen molar-refractivity contribution < 1.29 is 0 Å². The normalized spacial score (nSPS) is 22.5. The molecule has 0 aromatic rings. The molecule has 4 aliphatic rings. The van der Waals surface area contributed by atoms with Crippen molar-refractivity contribution in [3.8, 4) is 0 Å². The fourth-order valence-corrected chi connectivity index (χ4v) is 10.6. The van der Waals surface area contributed by atoms with Gasteiger partial charge < -0.3 is 0 Å². The van der Waals surface area contributed by atoms with Crippen LogP contribution in [0.4, 0.5) is 0 Å². The van der Waals surface area contributed by atoms with Crippen LogP contribution < -0.4 is 0 Å². The van der Waals surface area contributed by atoms with Gasteiger partial charge in [0.1, 0.15) is 0 Å². The van der Waals surface area contributed by atoms with Crippen molar-refractivity contribution >= 4 is 0 Å². The molecule has 0 saturated heterocycles. The topological polar surface area (TPSA) is 0 Å². The molecule has 0 heterocycles. The molecule has 0 heteroatoms. The monoisotopic (exact) mass is 765 g/mol. The molecule has 0 saturated carbocycles. The Kier molecular flexibility index (Phi) is 26.4. The van der Waals surface area contributed by atoms with Gasteiger partial charge in [-0.25, -0.2) is 0 Å². The molecular weight excluding hydrogens is 661 g/mol. The van der Waals surface area contributed by atoms with Crippen LogP contribution >= 0.6 is 0 Å². The molecule has 0 spiro atoms. The molecule has 55 heavy (non-hydrogen) atoms. The summed E-state index contributed by atoms with van der Waals surface area (Å²) in [5.74, 6) is 1.75. The van der Waals surface area contributed by atoms with Gasteiger partial charge in [-0.1, -0.05) is 194 Å². The Hall–Kier alpha value is -1.04. The smallest absolute Gasteiger partial charge is 0.0142 e. The van der Waals surface area contributed by atoms with Gasteiger partial charge in [-0.3, -0.25) is 0 Å². The SMILES string of the molecule is CCCC1=C(C)CCCC1(C)C.CCCC1=C(C)CCCC1(C)C.CCCC1=C(C)CCCC1(C)C.CCCC1C(C)=CCCC1(C)C.CCCCC(C)C. The van der Waals surface area contributed by atoms with Crippen LogP contribution in [0.1, 0.15) is 273 Å². The van der Waals surface area contributed by atoms with Crippen molar-refractivity contribution in [2.45, 2.75) is 273 Å². The van der Waals surface area contributed by atoms with Crippen LogP contribution in [0, 0.1) is 33.5 Å². The number of rotatable bonds is 11. The summed E-state index contributed by atoms with van der Waals surface area (Å²) in [4.78, 5) is 0. The number of hydrogen-bond donors (Lipinski definition) is 0. The fourth-order valence-electron chi connectivity index (χ4n) is 10.6. The van der Waals surface area contributed by atoms with Crippen molar-refractivity contribution in [2.75, 3.05) is 0 Å². The first-order chi connectivity index (χ1) is 25.6. The van der Waals surface area contributed by atoms with E-state index in [4.69, 9.17) is 0 Å². The van der Waals surface area contributed by atoms with E-state index in [1.807, 2.05) is 0 Å². The number of hydrogen-bond acceptors (Lipinski definition) is 0. The Morgan fingerprint density at radius 3 is 1.13 bits per heavy atom. The second-order valence-corrected chi connectivity index (χ2v) is 21.6. The maximum atomic E-state index is 2.44. The molecule has 1 atom stereocenters. The van der Waals surface area contributed by atoms with E-state index < -0.39 is 0 Å². The third kappa shape index (κ3) is 20.0. The highest BCUT2D eigenvalue weighted by atomic mass is 14.4. The van der Waals surface area contributed by atoms with Crippen LogP contribution in [-0.4, -0.2) is 0 Å². The molecule has 0 aromatic heterocycles. The van der Waals surface area contributed by atoms with Crippen molar-refractivity contribution in [1.29, 1.82) is 0 Å². The van der Waals surface area contributed by atoms with Crippen molar-refractivity contribution in [2.24, 2.45) is 33.5 Å². The van der Waals surface area contributed by atoms with E-state index >= 15 is 0 Å². The molecule has 0 amide bonds. The van der Waals surface area contributed by atoms with Gasteiger partial charge in [0.2, 0.25) is 0 Å². The molecule has 0 radical (unpaired) electrons. The zero-order chi connectivity index (χ0) is 42.5. The summed E-state index contributed by atoms with van der Waals surface area (Å²) in [5.41, 5.74) is 13.9. The van der Waals surface area contributed by atoms with Crippen LogP contribution in [0.15, 0.2) is 45.1 Å². The van der Waals surface area contributed by atoms with Gasteiger partial charge in [0, 0.05) is 0 Å². The Bertz CT molecular complexity index is 1060. The second kappa shape index (κ2) is 26.9. The molecule has 0 aromatic carbocycles. The van der Waals surface area contributed by atoms with Gasteiger partial charge in [0.05, 0.1) is 0 Å². The molecule has 0 aliphatic heterocycles. The van der Waals surface area contributed by atoms with Crippen LogP contribution in [0.25, 0.3) is 0 Å². The molecule has 4 rings (SSSR count). The van der Waals surface area contributed by atoms with Gasteiger partial charge in [-0.05, 0) is 158 Å². The number of unbranched alkanes of at least 4 members (excludes halogenated alkanes) is 1. The summed E-state index contributed by atoms with van der Waals surface area (Å²) >= 11 is 0. The lowest BCUT2D eigenvalue weighted by Crippen LogP contribution is -2.27. The molecule has 0 nitrogen and oxygen atoms in total. The van der Waals surface area contributed by atoms with Crippen molar-refractivity contribution in [1.82, 2.24) is 0 Å². The maximum absolute atomic E-state index is 2.44. The average molecular weight is 765 g/mol. The van der Waals surface area contributed by atoms with Crippen LogP contribution in [-0.2, 0) is 0 Å². The first-order valence-corrected chi connectivity index (χ1v) is 24.3. The van der Waals surface area contributed by atoms with E-state index in [1.165, 1.54) is 141 Å². The summed E-state index contributed by atoms with van der Waals surface area (Å²) < 4.78 is 0. The van der Waals surface area contributed by atoms with Crippen LogP contribution in [0.3, 0.4) is 0 Å². The molecular formula is C55H104. The first kappa shape index (κ1) is 54.0. The lowest BCUT2D eigenvalue weighted by molar-refractivity contribution is 0.203. The predicted octanol–water partition coefficient (Wildman–Crippen LogP) is 19.9.